The first-order valence-corrected chi connectivity index (χ1v) is 35.9. The van der Waals surface area contributed by atoms with Crippen LogP contribution in [0.1, 0.15) is 83.7 Å². The summed E-state index contributed by atoms with van der Waals surface area (Å²) in [7, 11) is -12.1. The van der Waals surface area contributed by atoms with E-state index in [-0.39, 0.29) is 26.2 Å². The third-order valence-electron chi connectivity index (χ3n) is 13.9. The molecular weight excluding hydrogens is 1340 g/mol. The number of hydrogen-bond donors (Lipinski definition) is 3. The smallest absolute Gasteiger partial charge is 0.426 e. The molecule has 3 unspecified atom stereocenters. The predicted molar refractivity (Wildman–Crippen MR) is 361 cm³/mol. The third-order valence-corrected chi connectivity index (χ3v) is 18.8. The molecule has 0 aromatic heterocycles. The summed E-state index contributed by atoms with van der Waals surface area (Å²) in [6.07, 6.45) is -19.5. The van der Waals surface area contributed by atoms with Gasteiger partial charge in [-0.1, -0.05) is 67.4 Å². The first-order valence-electron chi connectivity index (χ1n) is 29.8. The summed E-state index contributed by atoms with van der Waals surface area (Å²) in [6.45, 7) is 26.3. The number of anilines is 6. The fourth-order valence-corrected chi connectivity index (χ4v) is 12.8. The van der Waals surface area contributed by atoms with Gasteiger partial charge in [-0.3, -0.25) is 16.0 Å². The normalized spacial score (nSPS) is 12.5. The summed E-state index contributed by atoms with van der Waals surface area (Å²) in [5.41, 5.74) is 6.74. The molecule has 6 aromatic carbocycles. The molecule has 0 heterocycles. The van der Waals surface area contributed by atoms with Crippen LogP contribution in [0.3, 0.4) is 0 Å². The summed E-state index contributed by atoms with van der Waals surface area (Å²) in [5.74, 6) is -3.18. The predicted octanol–water partition coefficient (Wildman–Crippen LogP) is 16.1. The lowest BCUT2D eigenvalue weighted by Gasteiger charge is -2.23. The number of nitrogens with one attached hydrogen (secondary N) is 3. The van der Waals surface area contributed by atoms with E-state index in [1.165, 1.54) is 36.4 Å². The van der Waals surface area contributed by atoms with Crippen molar-refractivity contribution in [3.05, 3.63) is 166 Å². The van der Waals surface area contributed by atoms with Gasteiger partial charge in [0.05, 0.1) is 21.3 Å². The summed E-state index contributed by atoms with van der Waals surface area (Å²) >= 11 is 11.6. The van der Waals surface area contributed by atoms with E-state index in [1.807, 2.05) is 72.7 Å². The average molecular weight is 1420 g/mol. The molecule has 0 radical (unpaired) electrons. The number of alkyl halides is 6. The molecule has 6 aromatic rings. The van der Waals surface area contributed by atoms with E-state index in [0.29, 0.717) is 33.7 Å². The third kappa shape index (κ3) is 26.0. The summed E-state index contributed by atoms with van der Waals surface area (Å²) in [6, 6.07) is 35.3. The molecular formula is C65H82Cl2F6N6O12S3. The monoisotopic (exact) mass is 1420 g/mol. The lowest BCUT2D eigenvalue weighted by molar-refractivity contribution is -0.195. The zero-order valence-electron chi connectivity index (χ0n) is 54.3. The Morgan fingerprint density at radius 3 is 1.03 bits per heavy atom. The van der Waals surface area contributed by atoms with Crippen molar-refractivity contribution in [2.45, 2.75) is 117 Å². The lowest BCUT2D eigenvalue weighted by Crippen LogP contribution is -2.40. The van der Waals surface area contributed by atoms with Crippen LogP contribution in [0.4, 0.5) is 74.9 Å². The number of carbonyl (C=O) groups is 3. The van der Waals surface area contributed by atoms with Crippen molar-refractivity contribution in [2.75, 3.05) is 93.4 Å². The van der Waals surface area contributed by atoms with Gasteiger partial charge in [0, 0.05) is 89.7 Å². The minimum atomic E-state index is -5.08. The number of amides is 3. The second kappa shape index (κ2) is 37.0. The van der Waals surface area contributed by atoms with Gasteiger partial charge >= 0.3 is 30.6 Å². The Labute approximate surface area is 558 Å². The first-order chi connectivity index (χ1) is 44.0. The first kappa shape index (κ1) is 80.8. The van der Waals surface area contributed by atoms with Crippen molar-refractivity contribution in [1.82, 2.24) is 0 Å². The number of aryl methyl sites for hydroxylation is 3. The van der Waals surface area contributed by atoms with Gasteiger partial charge in [-0.15, -0.1) is 0 Å². The second-order valence-corrected chi connectivity index (χ2v) is 27.8. The van der Waals surface area contributed by atoms with Crippen LogP contribution in [-0.2, 0) is 43.7 Å². The van der Waals surface area contributed by atoms with Crippen LogP contribution >= 0.6 is 23.2 Å². The average Bonchev–Trinajstić information content (AvgIpc) is 0.838. The minimum Gasteiger partial charge on any atom is -0.440 e. The maximum absolute atomic E-state index is 13.4. The van der Waals surface area contributed by atoms with Gasteiger partial charge < -0.3 is 28.9 Å². The summed E-state index contributed by atoms with van der Waals surface area (Å²) in [4.78, 5) is 42.9. The molecule has 0 aliphatic carbocycles. The van der Waals surface area contributed by atoms with Crippen LogP contribution in [0.15, 0.2) is 143 Å². The molecule has 0 spiro atoms. The van der Waals surface area contributed by atoms with Crippen molar-refractivity contribution >= 4 is 105 Å². The molecule has 0 aliphatic heterocycles. The molecule has 94 heavy (non-hydrogen) atoms. The van der Waals surface area contributed by atoms with Crippen LogP contribution in [-0.4, -0.2) is 131 Å². The Hall–Kier alpha value is -7.46. The van der Waals surface area contributed by atoms with E-state index in [9.17, 15) is 66.0 Å². The van der Waals surface area contributed by atoms with Gasteiger partial charge in [0.15, 0.2) is 29.5 Å². The molecule has 0 fully saturated rings. The van der Waals surface area contributed by atoms with Gasteiger partial charge in [0.25, 0.3) is 0 Å². The topological polar surface area (TPSA) is 227 Å². The Kier molecular flexibility index (Phi) is 31.8. The molecule has 0 bridgehead atoms. The number of carbonyl (C=O) groups excluding carboxylic acids is 3. The number of sulfone groups is 3. The van der Waals surface area contributed by atoms with E-state index < -0.39 is 95.7 Å². The Bertz CT molecular complexity index is 3750. The van der Waals surface area contributed by atoms with Gasteiger partial charge in [0.2, 0.25) is 12.2 Å². The second-order valence-electron chi connectivity index (χ2n) is 20.6. The highest BCUT2D eigenvalue weighted by Gasteiger charge is 2.47. The number of halogens is 8. The van der Waals surface area contributed by atoms with Crippen molar-refractivity contribution in [3.8, 4) is 0 Å². The molecule has 3 atom stereocenters. The molecule has 518 valence electrons. The SMILES string of the molecule is CC.CCN(CC)c1ccc(NC(=O)OC(CS(=O)(=O)c2ccc(Cl)cc2)C(F)(F)F)c(C)c1.CCN(CC)c1ccc(NC(=O)OC(CS(=O)(=O)c2ccc(Cl)cc2)c2ccccc2)c(C)c1.CCN(CC)c1ccc(NC(=O)OC(CS(C)(=O)=O)C(F)(F)F)c(C)c1. The maximum Gasteiger partial charge on any atom is 0.426 e. The zero-order chi connectivity index (χ0) is 70.9. The highest BCUT2D eigenvalue weighted by atomic mass is 35.5. The number of benzene rings is 6. The number of ether oxygens (including phenoxy) is 3. The van der Waals surface area contributed by atoms with Crippen molar-refractivity contribution in [1.29, 1.82) is 0 Å². The standard InChI is InChI=1S/C26H29ClN2O4S.C21H24ClF3N2O4S.C16H23F3N2O4S.C2H6/c1-4-29(5-2)22-13-16-24(19(3)17-22)28-26(30)33-25(20-9-7-6-8-10-20)18-34(31,32)23-14-11-21(27)12-15-23;1-4-27(5-2)16-8-11-18(14(3)12-16)26-20(28)31-19(21(23,24)25)13-32(29,30)17-9-6-15(22)7-10-17;1-5-21(6-2)12-7-8-13(11(3)9-12)20-15(22)25-14(16(17,18)19)10-26(4,23)24;1-2/h6-17,25H,4-5,18H2,1-3H3,(H,28,30);6-12,19H,4-5,13H2,1-3H3,(H,26,28);7-9,14H,5-6,10H2,1-4H3,(H,20,22);1-2H3. The van der Waals surface area contributed by atoms with Crippen molar-refractivity contribution in [3.63, 3.8) is 0 Å². The fourth-order valence-electron chi connectivity index (χ4n) is 8.93. The van der Waals surface area contributed by atoms with Gasteiger partial charge in [0.1, 0.15) is 11.9 Å². The van der Waals surface area contributed by atoms with Crippen LogP contribution in [0.5, 0.6) is 0 Å². The Morgan fingerprint density at radius 2 is 0.745 bits per heavy atom. The summed E-state index contributed by atoms with van der Waals surface area (Å²) in [5, 5.41) is 7.91. The summed E-state index contributed by atoms with van der Waals surface area (Å²) < 4.78 is 166. The largest absolute Gasteiger partial charge is 0.440 e. The number of rotatable bonds is 24. The van der Waals surface area contributed by atoms with Gasteiger partial charge in [-0.2, -0.15) is 26.3 Å². The van der Waals surface area contributed by atoms with E-state index >= 15 is 0 Å². The molecule has 18 nitrogen and oxygen atoms in total. The Balaban J connectivity index is 0.000000366. The molecule has 3 amide bonds. The van der Waals surface area contributed by atoms with Gasteiger partial charge in [-0.05, 0) is 188 Å². The minimum absolute atomic E-state index is 0.115. The zero-order valence-corrected chi connectivity index (χ0v) is 58.2. The Morgan fingerprint density at radius 1 is 0.447 bits per heavy atom. The van der Waals surface area contributed by atoms with Crippen LogP contribution in [0, 0.1) is 20.8 Å². The van der Waals surface area contributed by atoms with Crippen LogP contribution in [0.2, 0.25) is 10.0 Å². The van der Waals surface area contributed by atoms with E-state index in [4.69, 9.17) is 27.9 Å². The fraction of sp³-hybridized carbons (Fsp3) is 0.400. The molecule has 29 heteroatoms. The van der Waals surface area contributed by atoms with Crippen LogP contribution in [0.25, 0.3) is 0 Å². The molecule has 0 aliphatic rings. The molecule has 6 rings (SSSR count). The lowest BCUT2D eigenvalue weighted by atomic mass is 10.1. The number of nitrogens with zero attached hydrogens (tertiary/aromatic N) is 3. The highest BCUT2D eigenvalue weighted by molar-refractivity contribution is 7.91. The molecule has 0 saturated heterocycles. The maximum atomic E-state index is 13.4. The molecule has 0 saturated carbocycles. The van der Waals surface area contributed by atoms with E-state index in [2.05, 4.69) is 54.0 Å². The molecule has 3 N–H and O–H groups in total. The van der Waals surface area contributed by atoms with Crippen molar-refractivity contribution in [2.24, 2.45) is 0 Å². The highest BCUT2D eigenvalue weighted by Crippen LogP contribution is 2.32. The quantitative estimate of drug-likeness (QED) is 0.0378. The van der Waals surface area contributed by atoms with E-state index in [0.717, 1.165) is 74.0 Å². The van der Waals surface area contributed by atoms with Gasteiger partial charge in [-0.25, -0.2) is 39.6 Å². The van der Waals surface area contributed by atoms with E-state index in [1.54, 1.807) is 74.5 Å². The van der Waals surface area contributed by atoms with Crippen molar-refractivity contribution < 1.29 is 80.2 Å². The number of hydrogen-bond acceptors (Lipinski definition) is 15. The van der Waals surface area contributed by atoms with Crippen LogP contribution < -0.4 is 30.7 Å².